The Kier molecular flexibility index (Phi) is 5.25. The van der Waals surface area contributed by atoms with E-state index in [1.807, 2.05) is 42.6 Å². The SMILES string of the molecule is O=C(Cc1ccccc1)Nc1ccc(N2CCCCCC2)cn1. The lowest BCUT2D eigenvalue weighted by Crippen LogP contribution is -2.24. The number of aromatic nitrogens is 1. The number of pyridine rings is 1. The van der Waals surface area contributed by atoms with Gasteiger partial charge in [-0.3, -0.25) is 4.79 Å². The Bertz CT molecular complexity index is 617. The molecule has 1 amide bonds. The highest BCUT2D eigenvalue weighted by Crippen LogP contribution is 2.19. The molecule has 1 saturated heterocycles. The molecule has 0 atom stereocenters. The first kappa shape index (κ1) is 15.5. The number of nitrogens with one attached hydrogen (secondary N) is 1. The molecule has 2 heterocycles. The Morgan fingerprint density at radius 3 is 2.39 bits per heavy atom. The van der Waals surface area contributed by atoms with Crippen LogP contribution in [0.3, 0.4) is 0 Å². The molecule has 23 heavy (non-hydrogen) atoms. The van der Waals surface area contributed by atoms with Gasteiger partial charge in [-0.1, -0.05) is 43.2 Å². The van der Waals surface area contributed by atoms with Crippen molar-refractivity contribution in [3.05, 3.63) is 54.2 Å². The molecule has 4 nitrogen and oxygen atoms in total. The molecule has 1 aliphatic rings. The zero-order valence-corrected chi connectivity index (χ0v) is 13.4. The van der Waals surface area contributed by atoms with E-state index in [-0.39, 0.29) is 5.91 Å². The number of carbonyl (C=O) groups is 1. The van der Waals surface area contributed by atoms with Gasteiger partial charge < -0.3 is 10.2 Å². The van der Waals surface area contributed by atoms with Gasteiger partial charge in [-0.05, 0) is 30.5 Å². The van der Waals surface area contributed by atoms with Crippen molar-refractivity contribution in [3.8, 4) is 0 Å². The van der Waals surface area contributed by atoms with Gasteiger partial charge in [-0.2, -0.15) is 0 Å². The topological polar surface area (TPSA) is 45.2 Å². The molecule has 120 valence electrons. The predicted octanol–water partition coefficient (Wildman–Crippen LogP) is 3.64. The van der Waals surface area contributed by atoms with Crippen molar-refractivity contribution in [2.24, 2.45) is 0 Å². The summed E-state index contributed by atoms with van der Waals surface area (Å²) in [4.78, 5) is 18.8. The summed E-state index contributed by atoms with van der Waals surface area (Å²) >= 11 is 0. The van der Waals surface area contributed by atoms with Crippen molar-refractivity contribution >= 4 is 17.4 Å². The van der Waals surface area contributed by atoms with Gasteiger partial charge in [0.1, 0.15) is 5.82 Å². The molecule has 0 radical (unpaired) electrons. The fourth-order valence-corrected chi connectivity index (χ4v) is 2.94. The van der Waals surface area contributed by atoms with Gasteiger partial charge in [0.25, 0.3) is 0 Å². The van der Waals surface area contributed by atoms with Crippen LogP contribution < -0.4 is 10.2 Å². The second kappa shape index (κ2) is 7.77. The third-order valence-electron chi connectivity index (χ3n) is 4.19. The van der Waals surface area contributed by atoms with E-state index in [2.05, 4.69) is 21.3 Å². The van der Waals surface area contributed by atoms with E-state index in [4.69, 9.17) is 0 Å². The van der Waals surface area contributed by atoms with Crippen LogP contribution in [-0.2, 0) is 11.2 Å². The van der Waals surface area contributed by atoms with Crippen LogP contribution in [0, 0.1) is 0 Å². The molecule has 1 aromatic heterocycles. The highest BCUT2D eigenvalue weighted by atomic mass is 16.1. The zero-order valence-electron chi connectivity index (χ0n) is 13.4. The Balaban J connectivity index is 1.57. The number of rotatable bonds is 4. The molecule has 0 unspecified atom stereocenters. The molecule has 3 rings (SSSR count). The predicted molar refractivity (Wildman–Crippen MR) is 93.7 cm³/mol. The minimum absolute atomic E-state index is 0.0359. The number of carbonyl (C=O) groups excluding carboxylic acids is 1. The van der Waals surface area contributed by atoms with Crippen LogP contribution in [0.4, 0.5) is 11.5 Å². The van der Waals surface area contributed by atoms with Crippen molar-refractivity contribution in [3.63, 3.8) is 0 Å². The molecule has 1 aliphatic heterocycles. The van der Waals surface area contributed by atoms with E-state index >= 15 is 0 Å². The summed E-state index contributed by atoms with van der Waals surface area (Å²) in [5, 5.41) is 2.86. The third-order valence-corrected chi connectivity index (χ3v) is 4.19. The molecule has 1 aromatic carbocycles. The second-order valence-electron chi connectivity index (χ2n) is 6.01. The number of hydrogen-bond acceptors (Lipinski definition) is 3. The van der Waals surface area contributed by atoms with Gasteiger partial charge >= 0.3 is 0 Å². The monoisotopic (exact) mass is 309 g/mol. The van der Waals surface area contributed by atoms with E-state index in [1.165, 1.54) is 25.7 Å². The smallest absolute Gasteiger partial charge is 0.229 e. The van der Waals surface area contributed by atoms with E-state index in [0.29, 0.717) is 12.2 Å². The van der Waals surface area contributed by atoms with E-state index < -0.39 is 0 Å². The third kappa shape index (κ3) is 4.55. The zero-order chi connectivity index (χ0) is 15.9. The maximum atomic E-state index is 12.1. The quantitative estimate of drug-likeness (QED) is 0.938. The van der Waals surface area contributed by atoms with E-state index in [1.54, 1.807) is 0 Å². The second-order valence-corrected chi connectivity index (χ2v) is 6.01. The number of nitrogens with zero attached hydrogens (tertiary/aromatic N) is 2. The number of hydrogen-bond donors (Lipinski definition) is 1. The van der Waals surface area contributed by atoms with Gasteiger partial charge in [0.15, 0.2) is 0 Å². The molecule has 1 fully saturated rings. The Morgan fingerprint density at radius 2 is 1.74 bits per heavy atom. The lowest BCUT2D eigenvalue weighted by atomic mass is 10.1. The van der Waals surface area contributed by atoms with Crippen LogP contribution in [0.15, 0.2) is 48.7 Å². The lowest BCUT2D eigenvalue weighted by molar-refractivity contribution is -0.115. The van der Waals surface area contributed by atoms with Crippen LogP contribution >= 0.6 is 0 Å². The minimum Gasteiger partial charge on any atom is -0.370 e. The van der Waals surface area contributed by atoms with Crippen molar-refractivity contribution in [2.75, 3.05) is 23.3 Å². The maximum Gasteiger partial charge on any atom is 0.229 e. The molecule has 1 N–H and O–H groups in total. The fourth-order valence-electron chi connectivity index (χ4n) is 2.94. The fraction of sp³-hybridized carbons (Fsp3) is 0.368. The Hall–Kier alpha value is -2.36. The molecular weight excluding hydrogens is 286 g/mol. The molecule has 4 heteroatoms. The largest absolute Gasteiger partial charge is 0.370 e. The molecular formula is C19H23N3O. The van der Waals surface area contributed by atoms with Crippen molar-refractivity contribution in [2.45, 2.75) is 32.1 Å². The maximum absolute atomic E-state index is 12.1. The lowest BCUT2D eigenvalue weighted by Gasteiger charge is -2.22. The molecule has 0 bridgehead atoms. The van der Waals surface area contributed by atoms with Crippen LogP contribution in [0.1, 0.15) is 31.2 Å². The summed E-state index contributed by atoms with van der Waals surface area (Å²) < 4.78 is 0. The van der Waals surface area contributed by atoms with Crippen molar-refractivity contribution in [1.82, 2.24) is 4.98 Å². The normalized spacial score (nSPS) is 15.0. The van der Waals surface area contributed by atoms with E-state index in [0.717, 1.165) is 24.3 Å². The van der Waals surface area contributed by atoms with Gasteiger partial charge in [-0.25, -0.2) is 4.98 Å². The van der Waals surface area contributed by atoms with Crippen LogP contribution in [0.2, 0.25) is 0 Å². The summed E-state index contributed by atoms with van der Waals surface area (Å²) in [6.45, 7) is 2.20. The average molecular weight is 309 g/mol. The highest BCUT2D eigenvalue weighted by Gasteiger charge is 2.11. The first-order chi connectivity index (χ1) is 11.3. The summed E-state index contributed by atoms with van der Waals surface area (Å²) in [5.74, 6) is 0.579. The van der Waals surface area contributed by atoms with Crippen LogP contribution in [-0.4, -0.2) is 24.0 Å². The van der Waals surface area contributed by atoms with Gasteiger partial charge in [0.2, 0.25) is 5.91 Å². The Labute approximate surface area is 137 Å². The standard InChI is InChI=1S/C19H23N3O/c23-19(14-16-8-4-3-5-9-16)21-18-11-10-17(15-20-18)22-12-6-1-2-7-13-22/h3-5,8-11,15H,1-2,6-7,12-14H2,(H,20,21,23). The Morgan fingerprint density at radius 1 is 1.00 bits per heavy atom. The summed E-state index contributed by atoms with van der Waals surface area (Å²) in [5.41, 5.74) is 2.15. The van der Waals surface area contributed by atoms with Gasteiger partial charge in [-0.15, -0.1) is 0 Å². The van der Waals surface area contributed by atoms with Crippen molar-refractivity contribution < 1.29 is 4.79 Å². The van der Waals surface area contributed by atoms with Gasteiger partial charge in [0.05, 0.1) is 18.3 Å². The highest BCUT2D eigenvalue weighted by molar-refractivity contribution is 5.91. The molecule has 0 spiro atoms. The molecule has 0 aliphatic carbocycles. The van der Waals surface area contributed by atoms with Crippen LogP contribution in [0.25, 0.3) is 0 Å². The first-order valence-corrected chi connectivity index (χ1v) is 8.36. The first-order valence-electron chi connectivity index (χ1n) is 8.36. The number of amides is 1. The van der Waals surface area contributed by atoms with Crippen LogP contribution in [0.5, 0.6) is 0 Å². The molecule has 0 saturated carbocycles. The average Bonchev–Trinajstić information content (AvgIpc) is 2.86. The van der Waals surface area contributed by atoms with Crippen molar-refractivity contribution in [1.29, 1.82) is 0 Å². The van der Waals surface area contributed by atoms with E-state index in [9.17, 15) is 4.79 Å². The molecule has 2 aromatic rings. The summed E-state index contributed by atoms with van der Waals surface area (Å²) in [6.07, 6.45) is 7.36. The summed E-state index contributed by atoms with van der Waals surface area (Å²) in [6, 6.07) is 13.7. The number of benzene rings is 1. The number of anilines is 2. The minimum atomic E-state index is -0.0359. The van der Waals surface area contributed by atoms with Gasteiger partial charge in [0, 0.05) is 13.1 Å². The summed E-state index contributed by atoms with van der Waals surface area (Å²) in [7, 11) is 0.